The topological polar surface area (TPSA) is 29.1 Å². The van der Waals surface area contributed by atoms with E-state index in [0.717, 1.165) is 14.8 Å². The SMILES string of the molecule is Cc1c(I)cccc1NC(=O)c1ccc(F)c(Br)c1. The van der Waals surface area contributed by atoms with Crippen molar-refractivity contribution in [1.29, 1.82) is 0 Å². The number of anilines is 1. The van der Waals surface area contributed by atoms with Crippen LogP contribution in [0.1, 0.15) is 15.9 Å². The van der Waals surface area contributed by atoms with Gasteiger partial charge < -0.3 is 5.32 Å². The van der Waals surface area contributed by atoms with Crippen LogP contribution in [0, 0.1) is 16.3 Å². The van der Waals surface area contributed by atoms with E-state index in [9.17, 15) is 9.18 Å². The summed E-state index contributed by atoms with van der Waals surface area (Å²) in [4.78, 5) is 12.1. The van der Waals surface area contributed by atoms with Gasteiger partial charge >= 0.3 is 0 Å². The number of hydrogen-bond donors (Lipinski definition) is 1. The molecule has 2 rings (SSSR count). The molecule has 0 fully saturated rings. The smallest absolute Gasteiger partial charge is 0.255 e. The summed E-state index contributed by atoms with van der Waals surface area (Å²) in [5, 5.41) is 2.83. The molecule has 0 saturated carbocycles. The average molecular weight is 434 g/mol. The minimum Gasteiger partial charge on any atom is -0.322 e. The van der Waals surface area contributed by atoms with Gasteiger partial charge in [0.1, 0.15) is 5.82 Å². The van der Waals surface area contributed by atoms with Crippen molar-refractivity contribution in [3.05, 3.63) is 61.4 Å². The van der Waals surface area contributed by atoms with E-state index in [2.05, 4.69) is 43.8 Å². The monoisotopic (exact) mass is 433 g/mol. The summed E-state index contributed by atoms with van der Waals surface area (Å²) < 4.78 is 14.5. The molecular formula is C14H10BrFINO. The molecular weight excluding hydrogens is 424 g/mol. The molecule has 0 bridgehead atoms. The summed E-state index contributed by atoms with van der Waals surface area (Å²) in [5.74, 6) is -0.646. The van der Waals surface area contributed by atoms with E-state index in [0.29, 0.717) is 5.56 Å². The Bertz CT molecular complexity index is 645. The Hall–Kier alpha value is -0.950. The maximum Gasteiger partial charge on any atom is 0.255 e. The van der Waals surface area contributed by atoms with Gasteiger partial charge in [-0.3, -0.25) is 4.79 Å². The van der Waals surface area contributed by atoms with Gasteiger partial charge in [0.25, 0.3) is 5.91 Å². The van der Waals surface area contributed by atoms with Crippen LogP contribution in [0.4, 0.5) is 10.1 Å². The highest BCUT2D eigenvalue weighted by atomic mass is 127. The molecule has 1 amide bonds. The van der Waals surface area contributed by atoms with Crippen molar-refractivity contribution in [1.82, 2.24) is 0 Å². The Morgan fingerprint density at radius 3 is 2.74 bits per heavy atom. The lowest BCUT2D eigenvalue weighted by Crippen LogP contribution is -2.13. The number of amides is 1. The predicted molar refractivity (Wildman–Crippen MR) is 85.9 cm³/mol. The van der Waals surface area contributed by atoms with Gasteiger partial charge in [0.2, 0.25) is 0 Å². The summed E-state index contributed by atoms with van der Waals surface area (Å²) >= 11 is 5.28. The van der Waals surface area contributed by atoms with Crippen LogP contribution in [0.25, 0.3) is 0 Å². The summed E-state index contributed by atoms with van der Waals surface area (Å²) in [6, 6.07) is 9.88. The van der Waals surface area contributed by atoms with Crippen LogP contribution in [0.5, 0.6) is 0 Å². The third-order valence-corrected chi connectivity index (χ3v) is 4.47. The van der Waals surface area contributed by atoms with Crippen LogP contribution < -0.4 is 5.32 Å². The summed E-state index contributed by atoms with van der Waals surface area (Å²) in [6.45, 7) is 1.94. The normalized spacial score (nSPS) is 10.3. The minimum atomic E-state index is -0.387. The Morgan fingerprint density at radius 2 is 2.05 bits per heavy atom. The van der Waals surface area contributed by atoms with Crippen molar-refractivity contribution in [2.75, 3.05) is 5.32 Å². The van der Waals surface area contributed by atoms with Gasteiger partial charge in [-0.1, -0.05) is 6.07 Å². The molecule has 98 valence electrons. The van der Waals surface area contributed by atoms with Crippen LogP contribution in [0.3, 0.4) is 0 Å². The van der Waals surface area contributed by atoms with E-state index >= 15 is 0 Å². The van der Waals surface area contributed by atoms with E-state index in [4.69, 9.17) is 0 Å². The van der Waals surface area contributed by atoms with Crippen molar-refractivity contribution in [2.45, 2.75) is 6.92 Å². The third kappa shape index (κ3) is 3.33. The molecule has 2 aromatic carbocycles. The number of halogens is 3. The van der Waals surface area contributed by atoms with E-state index in [1.165, 1.54) is 18.2 Å². The van der Waals surface area contributed by atoms with Crippen molar-refractivity contribution in [3.8, 4) is 0 Å². The molecule has 0 unspecified atom stereocenters. The highest BCUT2D eigenvalue weighted by Crippen LogP contribution is 2.22. The fourth-order valence-electron chi connectivity index (χ4n) is 1.57. The summed E-state index contributed by atoms with van der Waals surface area (Å²) in [7, 11) is 0. The second kappa shape index (κ2) is 6.00. The Morgan fingerprint density at radius 1 is 1.32 bits per heavy atom. The highest BCUT2D eigenvalue weighted by molar-refractivity contribution is 14.1. The molecule has 0 aliphatic heterocycles. The molecule has 0 aromatic heterocycles. The van der Waals surface area contributed by atoms with Crippen LogP contribution in [-0.4, -0.2) is 5.91 Å². The lowest BCUT2D eigenvalue weighted by Gasteiger charge is -2.10. The van der Waals surface area contributed by atoms with Gasteiger partial charge in [0.15, 0.2) is 0 Å². The Kier molecular flexibility index (Phi) is 4.57. The number of carbonyl (C=O) groups is 1. The van der Waals surface area contributed by atoms with E-state index in [-0.39, 0.29) is 16.2 Å². The maximum absolute atomic E-state index is 13.1. The third-order valence-electron chi connectivity index (χ3n) is 2.70. The molecule has 1 N–H and O–H groups in total. The molecule has 0 radical (unpaired) electrons. The quantitative estimate of drug-likeness (QED) is 0.680. The van der Waals surface area contributed by atoms with E-state index in [1.54, 1.807) is 0 Å². The summed E-state index contributed by atoms with van der Waals surface area (Å²) in [5.41, 5.74) is 2.18. The zero-order chi connectivity index (χ0) is 14.0. The van der Waals surface area contributed by atoms with Crippen LogP contribution in [0.15, 0.2) is 40.9 Å². The number of hydrogen-bond acceptors (Lipinski definition) is 1. The average Bonchev–Trinajstić information content (AvgIpc) is 2.38. The number of carbonyl (C=O) groups excluding carboxylic acids is 1. The maximum atomic E-state index is 13.1. The van der Waals surface area contributed by atoms with Crippen molar-refractivity contribution in [2.24, 2.45) is 0 Å². The van der Waals surface area contributed by atoms with E-state index < -0.39 is 0 Å². The second-order valence-electron chi connectivity index (χ2n) is 4.00. The summed E-state index contributed by atoms with van der Waals surface area (Å²) in [6.07, 6.45) is 0. The van der Waals surface area contributed by atoms with E-state index in [1.807, 2.05) is 25.1 Å². The molecule has 19 heavy (non-hydrogen) atoms. The van der Waals surface area contributed by atoms with Crippen LogP contribution in [0.2, 0.25) is 0 Å². The second-order valence-corrected chi connectivity index (χ2v) is 6.01. The zero-order valence-corrected chi connectivity index (χ0v) is 13.7. The molecule has 0 aliphatic rings. The van der Waals surface area contributed by atoms with Gasteiger partial charge in [-0.15, -0.1) is 0 Å². The number of rotatable bonds is 2. The van der Waals surface area contributed by atoms with Gasteiger partial charge in [-0.05, 0) is 81.3 Å². The zero-order valence-electron chi connectivity index (χ0n) is 10.0. The Balaban J connectivity index is 2.26. The largest absolute Gasteiger partial charge is 0.322 e. The van der Waals surface area contributed by atoms with Crippen LogP contribution in [-0.2, 0) is 0 Å². The molecule has 0 atom stereocenters. The fourth-order valence-corrected chi connectivity index (χ4v) is 2.45. The molecule has 0 aliphatic carbocycles. The first-order valence-electron chi connectivity index (χ1n) is 5.50. The molecule has 0 spiro atoms. The highest BCUT2D eigenvalue weighted by Gasteiger charge is 2.10. The lowest BCUT2D eigenvalue weighted by molar-refractivity contribution is 0.102. The number of nitrogens with one attached hydrogen (secondary N) is 1. The first kappa shape index (κ1) is 14.5. The molecule has 0 heterocycles. The molecule has 0 saturated heterocycles. The van der Waals surface area contributed by atoms with Gasteiger partial charge in [0.05, 0.1) is 4.47 Å². The molecule has 2 aromatic rings. The molecule has 2 nitrogen and oxygen atoms in total. The first-order valence-corrected chi connectivity index (χ1v) is 7.37. The van der Waals surface area contributed by atoms with Gasteiger partial charge in [-0.25, -0.2) is 4.39 Å². The standard InChI is InChI=1S/C14H10BrFINO/c1-8-12(17)3-2-4-13(8)18-14(19)9-5-6-11(16)10(15)7-9/h2-7H,1H3,(H,18,19). The predicted octanol–water partition coefficient (Wildman–Crippen LogP) is 4.75. The van der Waals surface area contributed by atoms with Crippen molar-refractivity contribution in [3.63, 3.8) is 0 Å². The fraction of sp³-hybridized carbons (Fsp3) is 0.0714. The number of benzene rings is 2. The van der Waals surface area contributed by atoms with Crippen molar-refractivity contribution < 1.29 is 9.18 Å². The minimum absolute atomic E-state index is 0.259. The molecule has 5 heteroatoms. The first-order chi connectivity index (χ1) is 8.99. The lowest BCUT2D eigenvalue weighted by atomic mass is 10.1. The van der Waals surface area contributed by atoms with Gasteiger partial charge in [-0.2, -0.15) is 0 Å². The van der Waals surface area contributed by atoms with Gasteiger partial charge in [0, 0.05) is 14.8 Å². The van der Waals surface area contributed by atoms with Crippen LogP contribution >= 0.6 is 38.5 Å². The Labute approximate surface area is 132 Å². The van der Waals surface area contributed by atoms with Crippen molar-refractivity contribution >= 4 is 50.1 Å².